The van der Waals surface area contributed by atoms with Crippen molar-refractivity contribution in [2.24, 2.45) is 33.5 Å². The fourth-order valence-corrected chi connectivity index (χ4v) is 9.61. The molecule has 61 heavy (non-hydrogen) atoms. The molecule has 0 spiro atoms. The molecule has 14 nitrogen and oxygen atoms in total. The number of hydrogen-bond acceptors (Lipinski definition) is 9. The van der Waals surface area contributed by atoms with Crippen LogP contribution in [0.25, 0.3) is 6.08 Å². The average Bonchev–Trinajstić information content (AvgIpc) is 3.91. The fraction of sp³-hybridized carbons (Fsp3) is 0.617. The van der Waals surface area contributed by atoms with E-state index >= 15 is 0 Å². The molecule has 3 aliphatic heterocycles. The van der Waals surface area contributed by atoms with E-state index in [0.717, 1.165) is 59.6 Å². The molecule has 0 saturated heterocycles. The minimum atomic E-state index is -1.16. The highest BCUT2D eigenvalue weighted by molar-refractivity contribution is 6.03. The molecular weight excluding hydrogens is 777 g/mol. The molecule has 334 valence electrons. The average molecular weight is 845 g/mol. The van der Waals surface area contributed by atoms with E-state index in [9.17, 15) is 29.4 Å². The number of aromatic nitrogens is 2. The Bertz CT molecular complexity index is 2070. The van der Waals surface area contributed by atoms with Gasteiger partial charge >= 0.3 is 17.9 Å². The zero-order valence-corrected chi connectivity index (χ0v) is 37.5. The van der Waals surface area contributed by atoms with Crippen molar-refractivity contribution in [1.82, 2.24) is 15.3 Å². The Kier molecular flexibility index (Phi) is 16.5. The van der Waals surface area contributed by atoms with Crippen molar-refractivity contribution in [3.63, 3.8) is 0 Å². The van der Waals surface area contributed by atoms with Crippen LogP contribution in [0.15, 0.2) is 27.0 Å². The first-order chi connectivity index (χ1) is 29.1. The van der Waals surface area contributed by atoms with E-state index in [-0.39, 0.29) is 42.8 Å². The number of carboxylic acids is 2. The number of aliphatic carboxylic acids is 1. The number of aromatic carboxylic acids is 1. The number of aliphatic imine (C=N–C) groups is 2. The molecule has 0 aromatic carbocycles. The van der Waals surface area contributed by atoms with Gasteiger partial charge in [0.25, 0.3) is 0 Å². The fourth-order valence-electron chi connectivity index (χ4n) is 9.61. The van der Waals surface area contributed by atoms with Gasteiger partial charge < -0.3 is 40.7 Å². The second kappa shape index (κ2) is 21.3. The number of H-pyrrole nitrogens is 2. The van der Waals surface area contributed by atoms with Crippen LogP contribution in [0.1, 0.15) is 167 Å². The summed E-state index contributed by atoms with van der Waals surface area (Å²) in [7, 11) is 1.27. The highest BCUT2D eigenvalue weighted by atomic mass is 16.5. The quantitative estimate of drug-likeness (QED) is 0.0560. The molecule has 2 aromatic heterocycles. The summed E-state index contributed by atoms with van der Waals surface area (Å²) in [6.07, 6.45) is 9.34. The van der Waals surface area contributed by atoms with E-state index in [1.54, 1.807) is 6.92 Å². The van der Waals surface area contributed by atoms with Crippen LogP contribution in [-0.4, -0.2) is 81.7 Å². The number of ether oxygens (including phenoxy) is 2. The minimum absolute atomic E-state index is 0.0450. The maximum absolute atomic E-state index is 14.2. The van der Waals surface area contributed by atoms with Gasteiger partial charge in [-0.3, -0.25) is 19.6 Å². The highest BCUT2D eigenvalue weighted by Gasteiger charge is 2.42. The monoisotopic (exact) mass is 845 g/mol. The number of unbranched alkanes of at least 4 members (excludes halogenated alkanes) is 4. The van der Waals surface area contributed by atoms with E-state index in [1.165, 1.54) is 19.1 Å². The van der Waals surface area contributed by atoms with Crippen molar-refractivity contribution < 1.29 is 38.9 Å². The van der Waals surface area contributed by atoms with Crippen molar-refractivity contribution in [2.75, 3.05) is 20.3 Å². The minimum Gasteiger partial charge on any atom is -0.481 e. The van der Waals surface area contributed by atoms with Gasteiger partial charge in [-0.25, -0.2) is 9.59 Å². The van der Waals surface area contributed by atoms with E-state index in [1.807, 2.05) is 13.0 Å². The number of allylic oxidation sites excluding steroid dienone is 3. The topological polar surface area (TPSA) is 222 Å². The lowest BCUT2D eigenvalue weighted by Crippen LogP contribution is -2.42. The number of fused-ring (bicyclic) bond motifs is 6. The van der Waals surface area contributed by atoms with Crippen molar-refractivity contribution in [1.29, 1.82) is 0 Å². The summed E-state index contributed by atoms with van der Waals surface area (Å²) in [6.45, 7) is 15.5. The van der Waals surface area contributed by atoms with Crippen molar-refractivity contribution in [3.8, 4) is 0 Å². The maximum Gasteiger partial charge on any atom is 0.337 e. The molecule has 3 unspecified atom stereocenters. The molecule has 8 bridgehead atoms. The Morgan fingerprint density at radius 3 is 2.38 bits per heavy atom. The van der Waals surface area contributed by atoms with E-state index in [4.69, 9.17) is 25.2 Å². The highest BCUT2D eigenvalue weighted by Crippen LogP contribution is 2.44. The Balaban J connectivity index is 1.72. The van der Waals surface area contributed by atoms with Gasteiger partial charge in [0, 0.05) is 107 Å². The van der Waals surface area contributed by atoms with Crippen LogP contribution in [0.2, 0.25) is 0 Å². The lowest BCUT2D eigenvalue weighted by atomic mass is 9.78. The van der Waals surface area contributed by atoms with Gasteiger partial charge in [0.1, 0.15) is 6.04 Å². The molecule has 7 N–H and O–H groups in total. The molecular formula is C47H68N6O8. The third-order valence-corrected chi connectivity index (χ3v) is 13.1. The van der Waals surface area contributed by atoms with Crippen LogP contribution >= 0.6 is 0 Å². The molecule has 1 amide bonds. The number of amides is 1. The maximum atomic E-state index is 14.2. The second-order valence-electron chi connectivity index (χ2n) is 17.1. The van der Waals surface area contributed by atoms with Gasteiger partial charge in [0.2, 0.25) is 5.91 Å². The number of carbonyl (C=O) groups is 4. The third kappa shape index (κ3) is 10.8. The Labute approximate surface area is 360 Å². The number of rotatable bonds is 20. The van der Waals surface area contributed by atoms with Crippen molar-refractivity contribution in [2.45, 2.75) is 150 Å². The van der Waals surface area contributed by atoms with Gasteiger partial charge in [0.05, 0.1) is 18.8 Å². The lowest BCUT2D eigenvalue weighted by Gasteiger charge is -2.25. The standard InChI is InChI=1S/C47H68N6O8/c1-9-11-12-15-20-61-29(7)42-27(5)36-22-35-26(4)31(17-18-41(55)56)44(52-35)32(21-40(54)51-33(47(59)60-8)16-13-14-19-48)45-43(46(57)58)28(6)37(53-45)23-38-30(10-2)25(3)34(49-38)24-39(42)50-36/h22,26,29-33,50,53H,9-21,23-24,48H2,1-8H3,(H,51,54)(H,55,56)(H,57,58)/t26-,29?,30?,31-,32?,33-/m0/s1. The summed E-state index contributed by atoms with van der Waals surface area (Å²) < 4.78 is 11.5. The Morgan fingerprint density at radius 2 is 1.72 bits per heavy atom. The smallest absolute Gasteiger partial charge is 0.337 e. The van der Waals surface area contributed by atoms with E-state index in [2.05, 4.69) is 49.9 Å². The first-order valence-corrected chi connectivity index (χ1v) is 22.3. The zero-order valence-electron chi connectivity index (χ0n) is 37.5. The van der Waals surface area contributed by atoms with Crippen molar-refractivity contribution in [3.05, 3.63) is 62.0 Å². The first-order valence-electron chi connectivity index (χ1n) is 22.3. The lowest BCUT2D eigenvalue weighted by molar-refractivity contribution is -0.145. The number of carboxylic acid groups (broad SMARTS) is 2. The first kappa shape index (κ1) is 47.2. The predicted octanol–water partition coefficient (Wildman–Crippen LogP) is 8.04. The molecule has 5 rings (SSSR count). The van der Waals surface area contributed by atoms with Crippen LogP contribution in [-0.2, 0) is 36.7 Å². The van der Waals surface area contributed by atoms with E-state index < -0.39 is 41.7 Å². The molecule has 0 fully saturated rings. The van der Waals surface area contributed by atoms with E-state index in [0.29, 0.717) is 73.6 Å². The van der Waals surface area contributed by atoms with Crippen LogP contribution in [0.3, 0.4) is 0 Å². The van der Waals surface area contributed by atoms with Gasteiger partial charge in [-0.15, -0.1) is 0 Å². The number of nitrogens with two attached hydrogens (primary N) is 1. The molecule has 0 aliphatic carbocycles. The van der Waals surface area contributed by atoms with Crippen LogP contribution in [0.4, 0.5) is 0 Å². The molecule has 5 heterocycles. The van der Waals surface area contributed by atoms with Crippen LogP contribution in [0, 0.1) is 31.6 Å². The van der Waals surface area contributed by atoms with Crippen LogP contribution < -0.4 is 11.1 Å². The molecule has 0 radical (unpaired) electrons. The van der Waals surface area contributed by atoms with Crippen molar-refractivity contribution >= 4 is 41.3 Å². The molecule has 6 atom stereocenters. The van der Waals surface area contributed by atoms with Gasteiger partial charge in [-0.1, -0.05) is 40.0 Å². The normalized spacial score (nSPS) is 20.8. The van der Waals surface area contributed by atoms with Crippen LogP contribution in [0.5, 0.6) is 0 Å². The predicted molar refractivity (Wildman–Crippen MR) is 237 cm³/mol. The zero-order chi connectivity index (χ0) is 44.5. The summed E-state index contributed by atoms with van der Waals surface area (Å²) in [4.78, 5) is 70.2. The summed E-state index contributed by atoms with van der Waals surface area (Å²) in [6, 6.07) is -0.934. The number of methoxy groups -OCH3 is 1. The summed E-state index contributed by atoms with van der Waals surface area (Å²) in [5.41, 5.74) is 15.6. The summed E-state index contributed by atoms with van der Waals surface area (Å²) >= 11 is 0. The largest absolute Gasteiger partial charge is 0.481 e. The SMILES string of the molecule is CCCCCCOC(C)c1c2[nH]c(c1C)C=C1N=C(C(CC(=O)N[C@@H](CCCCN)C(=O)OC)c3[nH]c(c(C)c3C(=O)O)CC3=NC(=C(C)C3CC)C2)[C@@H](CCC(=O)O)[C@@H]1C. The third-order valence-electron chi connectivity index (χ3n) is 13.1. The summed E-state index contributed by atoms with van der Waals surface area (Å²) in [5, 5.41) is 23.6. The van der Waals surface area contributed by atoms with Gasteiger partial charge in [-0.2, -0.15) is 0 Å². The molecule has 3 aliphatic rings. The Morgan fingerprint density at radius 1 is 0.967 bits per heavy atom. The molecule has 2 aromatic rings. The molecule has 14 heteroatoms. The summed E-state index contributed by atoms with van der Waals surface area (Å²) in [5.74, 6) is -4.78. The van der Waals surface area contributed by atoms with Gasteiger partial charge in [0.15, 0.2) is 0 Å². The number of aromatic amines is 2. The number of hydrogen-bond donors (Lipinski definition) is 6. The second-order valence-corrected chi connectivity index (χ2v) is 17.1. The number of nitrogens with zero attached hydrogens (tertiary/aromatic N) is 2. The number of esters is 1. The molecule has 0 saturated carbocycles. The number of carbonyl (C=O) groups excluding carboxylic acids is 2. The van der Waals surface area contributed by atoms with Gasteiger partial charge in [-0.05, 0) is 95.5 Å². The Hall–Kier alpha value is -4.82. The number of nitrogens with one attached hydrogen (secondary N) is 3.